The number of hydrogen-bond donors (Lipinski definition) is 0. The molecule has 0 N–H and O–H groups in total. The molecule has 0 heterocycles. The van der Waals surface area contributed by atoms with Gasteiger partial charge in [-0.15, -0.1) is 6.58 Å². The van der Waals surface area contributed by atoms with E-state index >= 15 is 0 Å². The molecule has 0 aromatic heterocycles. The van der Waals surface area contributed by atoms with Gasteiger partial charge in [-0.2, -0.15) is 0 Å². The van der Waals surface area contributed by atoms with Crippen molar-refractivity contribution >= 4 is 15.9 Å². The lowest BCUT2D eigenvalue weighted by Crippen LogP contribution is -1.43. The average molecular weight is 123 g/mol. The SMILES string of the molecule is C=CCBr.[HH]. The minimum absolute atomic E-state index is 0. The fraction of sp³-hybridized carbons (Fsp3) is 0.333. The van der Waals surface area contributed by atoms with Crippen LogP contribution < -0.4 is 0 Å². The minimum Gasteiger partial charge on any atom is -0.102 e. The van der Waals surface area contributed by atoms with Crippen LogP contribution in [0.15, 0.2) is 12.7 Å². The van der Waals surface area contributed by atoms with Gasteiger partial charge in [0, 0.05) is 6.76 Å². The number of hydrogen-bond acceptors (Lipinski definition) is 0. The Hall–Kier alpha value is 0.220. The summed E-state index contributed by atoms with van der Waals surface area (Å²) in [5.74, 6) is 0. The van der Waals surface area contributed by atoms with Crippen molar-refractivity contribution in [3.63, 3.8) is 0 Å². The predicted octanol–water partition coefficient (Wildman–Crippen LogP) is 1.81. The molecule has 0 bridgehead atoms. The van der Waals surface area contributed by atoms with E-state index in [1.165, 1.54) is 0 Å². The van der Waals surface area contributed by atoms with Crippen LogP contribution in [0, 0.1) is 0 Å². The maximum atomic E-state index is 3.43. The Morgan fingerprint density at radius 3 is 2.50 bits per heavy atom. The molecule has 0 saturated carbocycles. The zero-order valence-corrected chi connectivity index (χ0v) is 3.96. The molecule has 0 fully saturated rings. The largest absolute Gasteiger partial charge is 0.102 e. The third kappa shape index (κ3) is 2.22. The number of allylic oxidation sites excluding steroid dienone is 1. The van der Waals surface area contributed by atoms with E-state index in [0.29, 0.717) is 0 Å². The molecular weight excluding hydrogens is 116 g/mol. The maximum absolute atomic E-state index is 3.43. The van der Waals surface area contributed by atoms with E-state index in [2.05, 4.69) is 22.5 Å². The monoisotopic (exact) mass is 122 g/mol. The van der Waals surface area contributed by atoms with Crippen LogP contribution in [0.4, 0.5) is 0 Å². The molecule has 0 radical (unpaired) electrons. The predicted molar refractivity (Wildman–Crippen MR) is 26.1 cm³/mol. The van der Waals surface area contributed by atoms with E-state index in [-0.39, 0.29) is 1.43 Å². The molecule has 0 aliphatic carbocycles. The van der Waals surface area contributed by atoms with Crippen LogP contribution in [-0.2, 0) is 0 Å². The van der Waals surface area contributed by atoms with Crippen molar-refractivity contribution in [1.82, 2.24) is 0 Å². The molecule has 0 saturated heterocycles. The molecule has 0 amide bonds. The summed E-state index contributed by atoms with van der Waals surface area (Å²) in [6.45, 7) is 3.43. The quantitative estimate of drug-likeness (QED) is 0.368. The van der Waals surface area contributed by atoms with Crippen molar-refractivity contribution < 1.29 is 1.43 Å². The zero-order valence-electron chi connectivity index (χ0n) is 2.37. The van der Waals surface area contributed by atoms with Gasteiger partial charge < -0.3 is 0 Å². The maximum Gasteiger partial charge on any atom is 0.0209 e. The highest BCUT2D eigenvalue weighted by molar-refractivity contribution is 9.09. The molecule has 0 aliphatic rings. The van der Waals surface area contributed by atoms with Gasteiger partial charge >= 0.3 is 0 Å². The second-order valence-electron chi connectivity index (χ2n) is 0.443. The topological polar surface area (TPSA) is 0 Å². The second kappa shape index (κ2) is 3.22. The molecule has 0 aromatic carbocycles. The highest BCUT2D eigenvalue weighted by atomic mass is 79.9. The van der Waals surface area contributed by atoms with Crippen molar-refractivity contribution in [1.29, 1.82) is 0 Å². The highest BCUT2D eigenvalue weighted by Crippen LogP contribution is 1.73. The van der Waals surface area contributed by atoms with Crippen LogP contribution in [0.2, 0.25) is 0 Å². The second-order valence-corrected chi connectivity index (χ2v) is 1.09. The number of rotatable bonds is 1. The Labute approximate surface area is 36.1 Å². The molecule has 0 unspecified atom stereocenters. The first kappa shape index (κ1) is 4.22. The molecular formula is C3H7Br. The first-order valence-electron chi connectivity index (χ1n) is 1.08. The molecule has 0 aliphatic heterocycles. The van der Waals surface area contributed by atoms with E-state index in [9.17, 15) is 0 Å². The standard InChI is InChI=1S/C3H5Br.H2/c1-2-3-4;/h2H,1,3H2;1H. The molecule has 0 rings (SSSR count). The molecule has 4 heavy (non-hydrogen) atoms. The molecule has 1 heteroatoms. The van der Waals surface area contributed by atoms with E-state index in [4.69, 9.17) is 0 Å². The summed E-state index contributed by atoms with van der Waals surface area (Å²) in [4.78, 5) is 0. The lowest BCUT2D eigenvalue weighted by atomic mass is 10.8. The van der Waals surface area contributed by atoms with Gasteiger partial charge in [0.15, 0.2) is 0 Å². The van der Waals surface area contributed by atoms with Crippen molar-refractivity contribution in [2.75, 3.05) is 5.33 Å². The summed E-state index contributed by atoms with van der Waals surface area (Å²) < 4.78 is 0. The fourth-order valence-electron chi connectivity index (χ4n) is 0. The van der Waals surface area contributed by atoms with Crippen LogP contribution in [0.3, 0.4) is 0 Å². The van der Waals surface area contributed by atoms with Gasteiger partial charge in [0.25, 0.3) is 0 Å². The molecule has 26 valence electrons. The smallest absolute Gasteiger partial charge is 0.0209 e. The summed E-state index contributed by atoms with van der Waals surface area (Å²) in [5, 5.41) is 0.896. The van der Waals surface area contributed by atoms with Crippen LogP contribution in [0.25, 0.3) is 0 Å². The van der Waals surface area contributed by atoms with Crippen molar-refractivity contribution in [2.45, 2.75) is 0 Å². The Bertz CT molecular complexity index is 20.9. The Morgan fingerprint density at radius 1 is 2.25 bits per heavy atom. The van der Waals surface area contributed by atoms with Crippen LogP contribution in [0.5, 0.6) is 0 Å². The summed E-state index contributed by atoms with van der Waals surface area (Å²) >= 11 is 3.13. The summed E-state index contributed by atoms with van der Waals surface area (Å²) in [7, 11) is 0. The van der Waals surface area contributed by atoms with Gasteiger partial charge in [-0.05, 0) is 0 Å². The van der Waals surface area contributed by atoms with Crippen molar-refractivity contribution in [3.05, 3.63) is 12.7 Å². The first-order chi connectivity index (χ1) is 1.91. The van der Waals surface area contributed by atoms with E-state index < -0.39 is 0 Å². The summed E-state index contributed by atoms with van der Waals surface area (Å²) in [6, 6.07) is 0. The van der Waals surface area contributed by atoms with E-state index in [1.807, 2.05) is 0 Å². The van der Waals surface area contributed by atoms with Crippen LogP contribution in [-0.4, -0.2) is 5.33 Å². The van der Waals surface area contributed by atoms with Gasteiger partial charge in [0.05, 0.1) is 0 Å². The Kier molecular flexibility index (Phi) is 3.40. The van der Waals surface area contributed by atoms with E-state index in [0.717, 1.165) is 5.33 Å². The lowest BCUT2D eigenvalue weighted by molar-refractivity contribution is 1.87. The van der Waals surface area contributed by atoms with Gasteiger partial charge in [-0.25, -0.2) is 0 Å². The van der Waals surface area contributed by atoms with Gasteiger partial charge in [0.2, 0.25) is 0 Å². The average Bonchev–Trinajstić information content (AvgIpc) is 1.37. The summed E-state index contributed by atoms with van der Waals surface area (Å²) in [6.07, 6.45) is 1.79. The third-order valence-electron chi connectivity index (χ3n) is 0.109. The first-order valence-corrected chi connectivity index (χ1v) is 2.21. The zero-order chi connectivity index (χ0) is 3.41. The Morgan fingerprint density at radius 2 is 2.50 bits per heavy atom. The minimum atomic E-state index is 0. The lowest BCUT2D eigenvalue weighted by Gasteiger charge is -1.55. The Balaban J connectivity index is 0. The summed E-state index contributed by atoms with van der Waals surface area (Å²) in [5.41, 5.74) is 0. The van der Waals surface area contributed by atoms with Crippen molar-refractivity contribution in [2.24, 2.45) is 0 Å². The van der Waals surface area contributed by atoms with Crippen LogP contribution >= 0.6 is 15.9 Å². The molecule has 0 aromatic rings. The highest BCUT2D eigenvalue weighted by Gasteiger charge is 1.47. The van der Waals surface area contributed by atoms with Gasteiger partial charge in [-0.3, -0.25) is 0 Å². The molecule has 0 spiro atoms. The molecule has 0 nitrogen and oxygen atoms in total. The third-order valence-corrected chi connectivity index (χ3v) is 0.567. The van der Waals surface area contributed by atoms with Crippen LogP contribution in [0.1, 0.15) is 1.43 Å². The van der Waals surface area contributed by atoms with Crippen molar-refractivity contribution in [3.8, 4) is 0 Å². The van der Waals surface area contributed by atoms with Gasteiger partial charge in [0.1, 0.15) is 0 Å². The fourth-order valence-corrected chi connectivity index (χ4v) is 0. The number of halogens is 1. The normalized spacial score (nSPS) is 6.25. The number of alkyl halides is 1. The van der Waals surface area contributed by atoms with Gasteiger partial charge in [-0.1, -0.05) is 22.0 Å². The molecule has 0 atom stereocenters. The van der Waals surface area contributed by atoms with E-state index in [1.54, 1.807) is 6.08 Å².